The molecule has 3 nitrogen and oxygen atoms in total. The number of allylic oxidation sites excluding steroid dienone is 1. The topological polar surface area (TPSA) is 46.5 Å². The summed E-state index contributed by atoms with van der Waals surface area (Å²) in [6.07, 6.45) is 7.39. The van der Waals surface area contributed by atoms with E-state index < -0.39 is 5.97 Å². The summed E-state index contributed by atoms with van der Waals surface area (Å²) < 4.78 is 5.34. The average molecular weight is 286 g/mol. The largest absolute Gasteiger partial charge is 0.497 e. The Balaban J connectivity index is 2.11. The van der Waals surface area contributed by atoms with Gasteiger partial charge in [0.2, 0.25) is 0 Å². The van der Waals surface area contributed by atoms with Crippen molar-refractivity contribution in [1.29, 1.82) is 0 Å². The van der Waals surface area contributed by atoms with Crippen molar-refractivity contribution >= 4 is 11.5 Å². The van der Waals surface area contributed by atoms with E-state index in [9.17, 15) is 9.90 Å². The normalized spacial score (nSPS) is 19.3. The molecule has 0 amide bonds. The van der Waals surface area contributed by atoms with E-state index in [1.807, 2.05) is 12.1 Å². The Morgan fingerprint density at radius 1 is 1.19 bits per heavy atom. The van der Waals surface area contributed by atoms with Crippen LogP contribution in [0, 0.1) is 5.92 Å². The van der Waals surface area contributed by atoms with E-state index in [0.717, 1.165) is 36.1 Å². The first-order valence-corrected chi connectivity index (χ1v) is 7.84. The predicted octanol–water partition coefficient (Wildman–Crippen LogP) is 4.06. The van der Waals surface area contributed by atoms with Crippen LogP contribution in [0.3, 0.4) is 0 Å². The zero-order chi connectivity index (χ0) is 14.8. The number of aliphatic carboxylic acids is 1. The Hall–Kier alpha value is -1.77. The Labute approximate surface area is 125 Å². The van der Waals surface area contributed by atoms with Crippen molar-refractivity contribution in [3.8, 4) is 5.75 Å². The molecular weight excluding hydrogens is 264 g/mol. The molecule has 0 bridgehead atoms. The fraction of sp³-hybridized carbons (Fsp3) is 0.500. The molecule has 21 heavy (non-hydrogen) atoms. The third-order valence-corrected chi connectivity index (χ3v) is 4.85. The van der Waals surface area contributed by atoms with Crippen LogP contribution >= 0.6 is 0 Å². The van der Waals surface area contributed by atoms with Crippen LogP contribution in [0.4, 0.5) is 0 Å². The number of carboxylic acid groups (broad SMARTS) is 1. The fourth-order valence-corrected chi connectivity index (χ4v) is 3.79. The summed E-state index contributed by atoms with van der Waals surface area (Å²) in [6.45, 7) is 0. The molecule has 1 N–H and O–H groups in total. The van der Waals surface area contributed by atoms with Gasteiger partial charge in [-0.15, -0.1) is 0 Å². The summed E-state index contributed by atoms with van der Waals surface area (Å²) in [4.78, 5) is 11.7. The maximum Gasteiger partial charge on any atom is 0.331 e. The van der Waals surface area contributed by atoms with Gasteiger partial charge in [0.15, 0.2) is 0 Å². The van der Waals surface area contributed by atoms with Crippen molar-refractivity contribution in [2.24, 2.45) is 5.92 Å². The Morgan fingerprint density at radius 2 is 1.95 bits per heavy atom. The van der Waals surface area contributed by atoms with Gasteiger partial charge in [-0.1, -0.05) is 25.3 Å². The number of rotatable bonds is 3. The van der Waals surface area contributed by atoms with E-state index in [4.69, 9.17) is 4.74 Å². The minimum atomic E-state index is -0.746. The number of carboxylic acids is 1. The number of carbonyl (C=O) groups is 1. The van der Waals surface area contributed by atoms with Crippen molar-refractivity contribution in [1.82, 2.24) is 0 Å². The summed E-state index contributed by atoms with van der Waals surface area (Å²) in [5.41, 5.74) is 4.09. The third-order valence-electron chi connectivity index (χ3n) is 4.85. The van der Waals surface area contributed by atoms with Crippen molar-refractivity contribution < 1.29 is 14.6 Å². The molecule has 2 aliphatic carbocycles. The van der Waals surface area contributed by atoms with E-state index in [-0.39, 0.29) is 0 Å². The first-order valence-electron chi connectivity index (χ1n) is 7.84. The molecule has 1 fully saturated rings. The Bertz CT molecular complexity index is 580. The number of hydrogen-bond acceptors (Lipinski definition) is 2. The van der Waals surface area contributed by atoms with Gasteiger partial charge in [0.25, 0.3) is 0 Å². The number of hydrogen-bond donors (Lipinski definition) is 1. The van der Waals surface area contributed by atoms with Crippen LogP contribution < -0.4 is 4.74 Å². The summed E-state index contributed by atoms with van der Waals surface area (Å²) >= 11 is 0. The second kappa shape index (κ2) is 5.92. The molecule has 1 saturated carbocycles. The highest BCUT2D eigenvalue weighted by Crippen LogP contribution is 2.43. The van der Waals surface area contributed by atoms with Crippen LogP contribution in [-0.2, 0) is 11.2 Å². The van der Waals surface area contributed by atoms with E-state index >= 15 is 0 Å². The molecule has 0 spiro atoms. The van der Waals surface area contributed by atoms with Crippen LogP contribution in [0.25, 0.3) is 5.57 Å². The van der Waals surface area contributed by atoms with Gasteiger partial charge in [-0.3, -0.25) is 0 Å². The fourth-order valence-electron chi connectivity index (χ4n) is 3.79. The van der Waals surface area contributed by atoms with Gasteiger partial charge in [-0.05, 0) is 60.4 Å². The van der Waals surface area contributed by atoms with Crippen molar-refractivity contribution in [3.63, 3.8) is 0 Å². The molecule has 0 radical (unpaired) electrons. The van der Waals surface area contributed by atoms with Crippen LogP contribution in [0.5, 0.6) is 5.75 Å². The summed E-state index contributed by atoms with van der Waals surface area (Å²) in [7, 11) is 1.66. The molecule has 0 heterocycles. The van der Waals surface area contributed by atoms with E-state index in [1.54, 1.807) is 7.11 Å². The zero-order valence-corrected chi connectivity index (χ0v) is 12.5. The number of aryl methyl sites for hydroxylation is 1. The molecule has 0 aliphatic heterocycles. The molecule has 3 rings (SSSR count). The predicted molar refractivity (Wildman–Crippen MR) is 82.4 cm³/mol. The van der Waals surface area contributed by atoms with Gasteiger partial charge >= 0.3 is 5.97 Å². The lowest BCUT2D eigenvalue weighted by atomic mass is 9.74. The Kier molecular flexibility index (Phi) is 4.00. The van der Waals surface area contributed by atoms with Gasteiger partial charge < -0.3 is 9.84 Å². The molecule has 0 atom stereocenters. The summed E-state index contributed by atoms with van der Waals surface area (Å²) in [5, 5.41) is 9.60. The van der Waals surface area contributed by atoms with E-state index in [1.165, 1.54) is 24.8 Å². The molecule has 1 aromatic carbocycles. The van der Waals surface area contributed by atoms with Crippen molar-refractivity contribution in [2.75, 3.05) is 7.11 Å². The number of fused-ring (bicyclic) bond motifs is 1. The monoisotopic (exact) mass is 286 g/mol. The molecule has 1 aromatic rings. The van der Waals surface area contributed by atoms with Crippen molar-refractivity contribution in [3.05, 3.63) is 34.9 Å². The summed E-state index contributed by atoms with van der Waals surface area (Å²) in [5.74, 6) is 0.466. The number of methoxy groups -OCH3 is 1. The Morgan fingerprint density at radius 3 is 2.62 bits per heavy atom. The summed E-state index contributed by atoms with van der Waals surface area (Å²) in [6, 6.07) is 6.10. The molecule has 0 saturated heterocycles. The zero-order valence-electron chi connectivity index (χ0n) is 12.5. The highest BCUT2D eigenvalue weighted by Gasteiger charge is 2.29. The van der Waals surface area contributed by atoms with Crippen LogP contribution in [0.15, 0.2) is 23.8 Å². The van der Waals surface area contributed by atoms with Crippen LogP contribution in [-0.4, -0.2) is 18.2 Å². The van der Waals surface area contributed by atoms with Gasteiger partial charge in [0, 0.05) is 5.57 Å². The third kappa shape index (κ3) is 2.69. The van der Waals surface area contributed by atoms with Gasteiger partial charge in [0.05, 0.1) is 7.11 Å². The molecule has 0 unspecified atom stereocenters. The minimum absolute atomic E-state index is 0.399. The van der Waals surface area contributed by atoms with Crippen LogP contribution in [0.2, 0.25) is 0 Å². The lowest BCUT2D eigenvalue weighted by Gasteiger charge is -2.30. The maximum atomic E-state index is 11.7. The molecule has 2 aliphatic rings. The lowest BCUT2D eigenvalue weighted by molar-refractivity contribution is -0.132. The van der Waals surface area contributed by atoms with Gasteiger partial charge in [0.1, 0.15) is 5.75 Å². The second-order valence-corrected chi connectivity index (χ2v) is 6.06. The second-order valence-electron chi connectivity index (χ2n) is 6.06. The lowest BCUT2D eigenvalue weighted by Crippen LogP contribution is -2.19. The average Bonchev–Trinajstić information content (AvgIpc) is 2.53. The van der Waals surface area contributed by atoms with E-state index in [0.29, 0.717) is 17.9 Å². The number of ether oxygens (including phenoxy) is 1. The van der Waals surface area contributed by atoms with Crippen molar-refractivity contribution in [2.45, 2.75) is 44.9 Å². The van der Waals surface area contributed by atoms with Gasteiger partial charge in [-0.2, -0.15) is 0 Å². The molecular formula is C18H22O3. The first kappa shape index (κ1) is 14.2. The van der Waals surface area contributed by atoms with E-state index in [2.05, 4.69) is 6.07 Å². The molecule has 0 aromatic heterocycles. The minimum Gasteiger partial charge on any atom is -0.497 e. The molecule has 3 heteroatoms. The van der Waals surface area contributed by atoms with Gasteiger partial charge in [-0.25, -0.2) is 4.79 Å². The smallest absolute Gasteiger partial charge is 0.331 e. The first-order chi connectivity index (χ1) is 10.2. The standard InChI is InChI=1S/C18H22O3/c1-21-14-9-7-12-8-10-15(18(19)20)17(16(12)11-14)13-5-3-2-4-6-13/h7,9,11,13H,2-6,8,10H2,1H3,(H,19,20). The quantitative estimate of drug-likeness (QED) is 0.911. The highest BCUT2D eigenvalue weighted by atomic mass is 16.5. The highest BCUT2D eigenvalue weighted by molar-refractivity contribution is 5.98. The SMILES string of the molecule is COc1ccc2c(c1)C(C1CCCCC1)=C(C(=O)O)CC2. The maximum absolute atomic E-state index is 11.7. The molecule has 112 valence electrons. The van der Waals surface area contributed by atoms with Crippen LogP contribution in [0.1, 0.15) is 49.7 Å². The number of benzene rings is 1.